The number of fused-ring (bicyclic) bond motifs is 1. The number of carbonyl (C=O) groups is 1. The molecule has 1 N–H and O–H groups in total. The van der Waals surface area contributed by atoms with Gasteiger partial charge in [0.2, 0.25) is 5.91 Å². The Morgan fingerprint density at radius 3 is 2.48 bits per heavy atom. The fourth-order valence-corrected chi connectivity index (χ4v) is 4.32. The van der Waals surface area contributed by atoms with E-state index in [2.05, 4.69) is 17.3 Å². The molecule has 2 saturated heterocycles. The number of likely N-dealkylation sites (tertiary alicyclic amines) is 1. The molecule has 1 amide bonds. The van der Waals surface area contributed by atoms with Crippen LogP contribution in [0.15, 0.2) is 0 Å². The largest absolute Gasteiger partial charge is 0.341 e. The first kappa shape index (κ1) is 17.0. The molecule has 0 aromatic carbocycles. The maximum atomic E-state index is 12.7. The van der Waals surface area contributed by atoms with Gasteiger partial charge in [-0.1, -0.05) is 12.8 Å². The van der Waals surface area contributed by atoms with Gasteiger partial charge in [-0.15, -0.1) is 12.4 Å². The van der Waals surface area contributed by atoms with Crippen molar-refractivity contribution in [2.24, 2.45) is 5.92 Å². The van der Waals surface area contributed by atoms with Gasteiger partial charge in [-0.25, -0.2) is 0 Å². The van der Waals surface area contributed by atoms with Crippen molar-refractivity contribution in [3.63, 3.8) is 0 Å². The van der Waals surface area contributed by atoms with E-state index >= 15 is 0 Å². The second-order valence-corrected chi connectivity index (χ2v) is 7.09. The van der Waals surface area contributed by atoms with E-state index in [-0.39, 0.29) is 18.4 Å². The third kappa shape index (κ3) is 3.72. The van der Waals surface area contributed by atoms with Crippen molar-refractivity contribution in [3.05, 3.63) is 0 Å². The second kappa shape index (κ2) is 7.30. The van der Waals surface area contributed by atoms with Gasteiger partial charge in [0, 0.05) is 19.1 Å². The number of nitrogens with zero attached hydrogens (tertiary/aromatic N) is 2. The molecule has 0 radical (unpaired) electrons. The molecule has 3 aliphatic rings. The smallest absolute Gasteiger partial charge is 0.239 e. The van der Waals surface area contributed by atoms with Crippen LogP contribution < -0.4 is 5.32 Å². The lowest BCUT2D eigenvalue weighted by Crippen LogP contribution is -2.50. The van der Waals surface area contributed by atoms with Crippen LogP contribution in [-0.4, -0.2) is 61.0 Å². The molecule has 2 heterocycles. The van der Waals surface area contributed by atoms with Crippen molar-refractivity contribution in [3.8, 4) is 0 Å². The van der Waals surface area contributed by atoms with E-state index in [0.29, 0.717) is 18.0 Å². The molecule has 2 aliphatic heterocycles. The Bertz CT molecular complexity index is 343. The molecule has 1 saturated carbocycles. The maximum absolute atomic E-state index is 12.7. The van der Waals surface area contributed by atoms with Gasteiger partial charge in [0.05, 0.1) is 6.04 Å². The highest BCUT2D eigenvalue weighted by atomic mass is 35.5. The number of likely N-dealkylation sites (N-methyl/N-ethyl adjacent to an activating group) is 1. The summed E-state index contributed by atoms with van der Waals surface area (Å²) in [6.45, 7) is 2.23. The molecule has 122 valence electrons. The number of carbonyl (C=O) groups excluding carboxylic acids is 1. The average Bonchev–Trinajstić information content (AvgIpc) is 2.90. The monoisotopic (exact) mass is 315 g/mol. The van der Waals surface area contributed by atoms with Crippen LogP contribution in [0.4, 0.5) is 0 Å². The number of rotatable bonds is 2. The zero-order chi connectivity index (χ0) is 14.1. The minimum Gasteiger partial charge on any atom is -0.341 e. The maximum Gasteiger partial charge on any atom is 0.239 e. The highest BCUT2D eigenvalue weighted by molar-refractivity contribution is 5.85. The molecule has 3 atom stereocenters. The quantitative estimate of drug-likeness (QED) is 0.845. The van der Waals surface area contributed by atoms with Crippen LogP contribution in [0.25, 0.3) is 0 Å². The first-order valence-corrected chi connectivity index (χ1v) is 8.36. The van der Waals surface area contributed by atoms with Gasteiger partial charge >= 0.3 is 0 Å². The zero-order valence-electron chi connectivity index (χ0n) is 13.4. The highest BCUT2D eigenvalue weighted by Crippen LogP contribution is 2.34. The van der Waals surface area contributed by atoms with Crippen LogP contribution in [0.3, 0.4) is 0 Å². The summed E-state index contributed by atoms with van der Waals surface area (Å²) in [5, 5.41) is 3.62. The van der Waals surface area contributed by atoms with E-state index in [0.717, 1.165) is 38.3 Å². The number of nitrogens with one attached hydrogen (secondary N) is 1. The van der Waals surface area contributed by atoms with Gasteiger partial charge < -0.3 is 15.1 Å². The standard InChI is InChI=1S/C16H29N3O.ClH/c1-18-9-7-13(8-10-18)19(2)16(20)15-11-12-5-3-4-6-14(12)17-15;/h12-15,17H,3-11H2,1-2H3;1H. The summed E-state index contributed by atoms with van der Waals surface area (Å²) in [7, 11) is 4.18. The lowest BCUT2D eigenvalue weighted by molar-refractivity contribution is -0.134. The van der Waals surface area contributed by atoms with Gasteiger partial charge in [0.15, 0.2) is 0 Å². The number of amides is 1. The molecule has 3 rings (SSSR count). The summed E-state index contributed by atoms with van der Waals surface area (Å²) < 4.78 is 0. The number of hydrogen-bond acceptors (Lipinski definition) is 3. The van der Waals surface area contributed by atoms with Crippen LogP contribution in [0, 0.1) is 5.92 Å². The summed E-state index contributed by atoms with van der Waals surface area (Å²) in [5.41, 5.74) is 0. The normalized spacial score (nSPS) is 34.1. The Labute approximate surface area is 135 Å². The lowest BCUT2D eigenvalue weighted by atomic mass is 9.85. The molecular formula is C16H30ClN3O. The van der Waals surface area contributed by atoms with Crippen molar-refractivity contribution in [2.75, 3.05) is 27.2 Å². The van der Waals surface area contributed by atoms with Gasteiger partial charge in [-0.2, -0.15) is 0 Å². The van der Waals surface area contributed by atoms with Crippen molar-refractivity contribution >= 4 is 18.3 Å². The molecule has 0 aromatic rings. The summed E-state index contributed by atoms with van der Waals surface area (Å²) >= 11 is 0. The van der Waals surface area contributed by atoms with E-state index < -0.39 is 0 Å². The van der Waals surface area contributed by atoms with E-state index in [4.69, 9.17) is 0 Å². The predicted molar refractivity (Wildman–Crippen MR) is 87.8 cm³/mol. The lowest BCUT2D eigenvalue weighted by Gasteiger charge is -2.36. The Kier molecular flexibility index (Phi) is 5.92. The van der Waals surface area contributed by atoms with E-state index in [1.807, 2.05) is 11.9 Å². The third-order valence-electron chi connectivity index (χ3n) is 5.74. The number of halogens is 1. The van der Waals surface area contributed by atoms with Gasteiger partial charge in [-0.3, -0.25) is 4.79 Å². The van der Waals surface area contributed by atoms with Crippen molar-refractivity contribution in [1.29, 1.82) is 0 Å². The number of hydrogen-bond donors (Lipinski definition) is 1. The van der Waals surface area contributed by atoms with E-state index in [9.17, 15) is 4.79 Å². The molecule has 1 aliphatic carbocycles. The Hall–Kier alpha value is -0.320. The van der Waals surface area contributed by atoms with Crippen molar-refractivity contribution in [1.82, 2.24) is 15.1 Å². The molecule has 0 aromatic heterocycles. The highest BCUT2D eigenvalue weighted by Gasteiger charge is 2.40. The Morgan fingerprint density at radius 1 is 1.14 bits per heavy atom. The molecule has 0 bridgehead atoms. The zero-order valence-corrected chi connectivity index (χ0v) is 14.2. The summed E-state index contributed by atoms with van der Waals surface area (Å²) in [5.74, 6) is 1.09. The number of piperidine rings is 1. The van der Waals surface area contributed by atoms with Crippen LogP contribution >= 0.6 is 12.4 Å². The Balaban J connectivity index is 0.00000161. The van der Waals surface area contributed by atoms with Crippen LogP contribution in [0.1, 0.15) is 44.9 Å². The minimum atomic E-state index is 0. The molecular weight excluding hydrogens is 286 g/mol. The van der Waals surface area contributed by atoms with Gasteiger partial charge in [0.1, 0.15) is 0 Å². The SMILES string of the molecule is CN1CCC(N(C)C(=O)C2CC3CCCCC3N2)CC1.Cl. The molecule has 5 heteroatoms. The van der Waals surface area contributed by atoms with Crippen LogP contribution in [-0.2, 0) is 4.79 Å². The molecule has 4 nitrogen and oxygen atoms in total. The minimum absolute atomic E-state index is 0. The second-order valence-electron chi connectivity index (χ2n) is 7.09. The first-order valence-electron chi connectivity index (χ1n) is 8.36. The van der Waals surface area contributed by atoms with E-state index in [1.54, 1.807) is 0 Å². The summed E-state index contributed by atoms with van der Waals surface area (Å²) in [6.07, 6.45) is 8.59. The molecule has 3 fully saturated rings. The molecule has 21 heavy (non-hydrogen) atoms. The van der Waals surface area contributed by atoms with Crippen molar-refractivity contribution in [2.45, 2.75) is 63.1 Å². The summed E-state index contributed by atoms with van der Waals surface area (Å²) in [4.78, 5) is 17.1. The van der Waals surface area contributed by atoms with Gasteiger partial charge in [0.25, 0.3) is 0 Å². The van der Waals surface area contributed by atoms with Crippen molar-refractivity contribution < 1.29 is 4.79 Å². The predicted octanol–water partition coefficient (Wildman–Crippen LogP) is 1.88. The van der Waals surface area contributed by atoms with Gasteiger partial charge in [-0.05, 0) is 58.2 Å². The average molecular weight is 316 g/mol. The van der Waals surface area contributed by atoms with Crippen LogP contribution in [0.5, 0.6) is 0 Å². The molecule has 3 unspecified atom stereocenters. The fraction of sp³-hybridized carbons (Fsp3) is 0.938. The summed E-state index contributed by atoms with van der Waals surface area (Å²) in [6, 6.07) is 1.15. The first-order chi connectivity index (χ1) is 9.65. The Morgan fingerprint density at radius 2 is 1.81 bits per heavy atom. The fourth-order valence-electron chi connectivity index (χ4n) is 4.32. The third-order valence-corrected chi connectivity index (χ3v) is 5.74. The van der Waals surface area contributed by atoms with E-state index in [1.165, 1.54) is 25.7 Å². The van der Waals surface area contributed by atoms with Crippen LogP contribution in [0.2, 0.25) is 0 Å². The molecule has 0 spiro atoms. The topological polar surface area (TPSA) is 35.6 Å².